The van der Waals surface area contributed by atoms with Crippen LogP contribution in [-0.2, 0) is 19.4 Å². The molecule has 0 unspecified atom stereocenters. The summed E-state index contributed by atoms with van der Waals surface area (Å²) >= 11 is 0. The number of amides is 1. The molecule has 24 heavy (non-hydrogen) atoms. The number of nitrogens with zero attached hydrogens (tertiary/aromatic N) is 1. The van der Waals surface area contributed by atoms with Crippen molar-refractivity contribution in [1.82, 2.24) is 9.88 Å². The Labute approximate surface area is 139 Å². The first-order valence-corrected chi connectivity index (χ1v) is 9.39. The largest absolute Gasteiger partial charge is 0.451 e. The number of nitrogens with one attached hydrogen (secondary N) is 1. The zero-order valence-corrected chi connectivity index (χ0v) is 14.0. The van der Waals surface area contributed by atoms with E-state index in [1.165, 1.54) is 11.9 Å². The molecule has 2 heterocycles. The van der Waals surface area contributed by atoms with E-state index < -0.39 is 28.3 Å². The topological polar surface area (TPSA) is 96.5 Å². The quantitative estimate of drug-likeness (QED) is 0.829. The second-order valence-electron chi connectivity index (χ2n) is 5.91. The Kier molecular flexibility index (Phi) is 4.31. The van der Waals surface area contributed by atoms with Crippen LogP contribution in [0.3, 0.4) is 0 Å². The lowest BCUT2D eigenvalue weighted by molar-refractivity contribution is -0.134. The standard InChI is InChI=1S/C16H18N2O5S/c1-18(12-6-7-24(21,22)10-12)15(19)9-23-16(20)14-8-11-4-2-3-5-13(11)17-14/h2-5,8,12,17H,6-7,9-10H2,1H3/t12-/m1/s1. The van der Waals surface area contributed by atoms with Gasteiger partial charge in [-0.2, -0.15) is 0 Å². The third-order valence-corrected chi connectivity index (χ3v) is 5.98. The highest BCUT2D eigenvalue weighted by atomic mass is 32.2. The number of aromatic nitrogens is 1. The van der Waals surface area contributed by atoms with Crippen molar-refractivity contribution in [3.05, 3.63) is 36.0 Å². The molecule has 7 nitrogen and oxygen atoms in total. The van der Waals surface area contributed by atoms with Gasteiger partial charge in [0.05, 0.1) is 11.5 Å². The molecule has 1 aromatic heterocycles. The number of hydrogen-bond acceptors (Lipinski definition) is 5. The number of fused-ring (bicyclic) bond motifs is 1. The maximum absolute atomic E-state index is 12.1. The molecule has 3 rings (SSSR count). The van der Waals surface area contributed by atoms with Gasteiger partial charge in [-0.3, -0.25) is 4.79 Å². The van der Waals surface area contributed by atoms with Gasteiger partial charge in [-0.05, 0) is 18.6 Å². The fraction of sp³-hybridized carbons (Fsp3) is 0.375. The summed E-state index contributed by atoms with van der Waals surface area (Å²) < 4.78 is 28.0. The Morgan fingerprint density at radius 1 is 1.33 bits per heavy atom. The van der Waals surface area contributed by atoms with Crippen molar-refractivity contribution in [1.29, 1.82) is 0 Å². The molecule has 1 aromatic carbocycles. The lowest BCUT2D eigenvalue weighted by atomic mass is 10.2. The summed E-state index contributed by atoms with van der Waals surface area (Å²) in [7, 11) is -1.54. The van der Waals surface area contributed by atoms with Crippen LogP contribution in [0.4, 0.5) is 0 Å². The first-order chi connectivity index (χ1) is 11.4. The van der Waals surface area contributed by atoms with Crippen molar-refractivity contribution in [2.45, 2.75) is 12.5 Å². The summed E-state index contributed by atoms with van der Waals surface area (Å²) in [5.41, 5.74) is 1.08. The Morgan fingerprint density at radius 2 is 2.08 bits per heavy atom. The van der Waals surface area contributed by atoms with E-state index in [0.717, 1.165) is 10.9 Å². The van der Waals surface area contributed by atoms with Gasteiger partial charge in [0, 0.05) is 24.0 Å². The van der Waals surface area contributed by atoms with Crippen LogP contribution in [0.15, 0.2) is 30.3 Å². The van der Waals surface area contributed by atoms with Crippen LogP contribution in [0.2, 0.25) is 0 Å². The van der Waals surface area contributed by atoms with Gasteiger partial charge in [0.1, 0.15) is 5.69 Å². The van der Waals surface area contributed by atoms with Crippen molar-refractivity contribution in [2.24, 2.45) is 0 Å². The summed E-state index contributed by atoms with van der Waals surface area (Å²) in [6.07, 6.45) is 0.417. The SMILES string of the molecule is CN(C(=O)COC(=O)c1cc2ccccc2[nH]1)[C@@H]1CCS(=O)(=O)C1. The Bertz CT molecular complexity index is 854. The summed E-state index contributed by atoms with van der Waals surface area (Å²) in [4.78, 5) is 28.4. The van der Waals surface area contributed by atoms with E-state index >= 15 is 0 Å². The van der Waals surface area contributed by atoms with E-state index in [0.29, 0.717) is 6.42 Å². The maximum Gasteiger partial charge on any atom is 0.355 e. The van der Waals surface area contributed by atoms with Crippen molar-refractivity contribution >= 4 is 32.6 Å². The Balaban J connectivity index is 1.58. The van der Waals surface area contributed by atoms with Crippen LogP contribution in [0.1, 0.15) is 16.9 Å². The molecule has 0 radical (unpaired) electrons. The molecule has 8 heteroatoms. The average molecular weight is 350 g/mol. The number of esters is 1. The molecular weight excluding hydrogens is 332 g/mol. The second-order valence-corrected chi connectivity index (χ2v) is 8.14. The number of carbonyl (C=O) groups excluding carboxylic acids is 2. The van der Waals surface area contributed by atoms with Gasteiger partial charge in [-0.25, -0.2) is 13.2 Å². The monoisotopic (exact) mass is 350 g/mol. The van der Waals surface area contributed by atoms with Crippen molar-refractivity contribution < 1.29 is 22.7 Å². The smallest absolute Gasteiger partial charge is 0.355 e. The van der Waals surface area contributed by atoms with Gasteiger partial charge >= 0.3 is 5.97 Å². The molecule has 0 spiro atoms. The molecule has 1 N–H and O–H groups in total. The van der Waals surface area contributed by atoms with Crippen LogP contribution in [0, 0.1) is 0 Å². The number of para-hydroxylation sites is 1. The van der Waals surface area contributed by atoms with Crippen LogP contribution in [-0.4, -0.2) is 61.4 Å². The van der Waals surface area contributed by atoms with E-state index in [-0.39, 0.29) is 23.2 Å². The van der Waals surface area contributed by atoms with Gasteiger partial charge in [0.2, 0.25) is 0 Å². The summed E-state index contributed by atoms with van der Waals surface area (Å²) in [6, 6.07) is 8.72. The van der Waals surface area contributed by atoms with Crippen LogP contribution >= 0.6 is 0 Å². The predicted molar refractivity (Wildman–Crippen MR) is 88.4 cm³/mol. The molecule has 2 aromatic rings. The van der Waals surface area contributed by atoms with E-state index in [1.54, 1.807) is 6.07 Å². The number of sulfone groups is 1. The molecule has 1 saturated heterocycles. The minimum absolute atomic E-state index is 0.0365. The Hall–Kier alpha value is -2.35. The first kappa shape index (κ1) is 16.5. The molecule has 128 valence electrons. The number of ether oxygens (including phenoxy) is 1. The predicted octanol–water partition coefficient (Wildman–Crippen LogP) is 0.970. The normalized spacial score (nSPS) is 19.3. The zero-order valence-electron chi connectivity index (χ0n) is 13.2. The fourth-order valence-corrected chi connectivity index (χ4v) is 4.55. The third kappa shape index (κ3) is 3.43. The highest BCUT2D eigenvalue weighted by molar-refractivity contribution is 7.91. The van der Waals surface area contributed by atoms with E-state index in [4.69, 9.17) is 4.74 Å². The lowest BCUT2D eigenvalue weighted by Crippen LogP contribution is -2.40. The maximum atomic E-state index is 12.1. The highest BCUT2D eigenvalue weighted by Crippen LogP contribution is 2.17. The minimum Gasteiger partial charge on any atom is -0.451 e. The molecule has 1 atom stereocenters. The number of carbonyl (C=O) groups is 2. The van der Waals surface area contributed by atoms with E-state index in [1.807, 2.05) is 24.3 Å². The number of likely N-dealkylation sites (N-methyl/N-ethyl adjacent to an activating group) is 1. The van der Waals surface area contributed by atoms with Gasteiger partial charge < -0.3 is 14.6 Å². The van der Waals surface area contributed by atoms with Crippen molar-refractivity contribution in [2.75, 3.05) is 25.2 Å². The first-order valence-electron chi connectivity index (χ1n) is 7.57. The third-order valence-electron chi connectivity index (χ3n) is 4.23. The lowest BCUT2D eigenvalue weighted by Gasteiger charge is -2.23. The molecule has 0 aliphatic carbocycles. The molecule has 0 bridgehead atoms. The van der Waals surface area contributed by atoms with E-state index in [9.17, 15) is 18.0 Å². The number of rotatable bonds is 4. The number of benzene rings is 1. The number of hydrogen-bond donors (Lipinski definition) is 1. The molecule has 0 saturated carbocycles. The van der Waals surface area contributed by atoms with E-state index in [2.05, 4.69) is 4.98 Å². The summed E-state index contributed by atoms with van der Waals surface area (Å²) in [5.74, 6) is -0.983. The zero-order chi connectivity index (χ0) is 17.3. The van der Waals surface area contributed by atoms with Crippen LogP contribution in [0.5, 0.6) is 0 Å². The van der Waals surface area contributed by atoms with Crippen LogP contribution < -0.4 is 0 Å². The van der Waals surface area contributed by atoms with Gasteiger partial charge in [-0.1, -0.05) is 18.2 Å². The van der Waals surface area contributed by atoms with Gasteiger partial charge in [0.15, 0.2) is 16.4 Å². The highest BCUT2D eigenvalue weighted by Gasteiger charge is 2.33. The Morgan fingerprint density at radius 3 is 2.75 bits per heavy atom. The molecule has 1 amide bonds. The number of H-pyrrole nitrogens is 1. The number of aromatic amines is 1. The van der Waals surface area contributed by atoms with Gasteiger partial charge in [-0.15, -0.1) is 0 Å². The summed E-state index contributed by atoms with van der Waals surface area (Å²) in [6.45, 7) is -0.415. The van der Waals surface area contributed by atoms with Crippen molar-refractivity contribution in [3.63, 3.8) is 0 Å². The molecular formula is C16H18N2O5S. The van der Waals surface area contributed by atoms with Crippen molar-refractivity contribution in [3.8, 4) is 0 Å². The van der Waals surface area contributed by atoms with Crippen LogP contribution in [0.25, 0.3) is 10.9 Å². The minimum atomic E-state index is -3.07. The molecule has 1 aliphatic heterocycles. The molecule has 1 fully saturated rings. The molecule has 1 aliphatic rings. The van der Waals surface area contributed by atoms with Gasteiger partial charge in [0.25, 0.3) is 5.91 Å². The second kappa shape index (κ2) is 6.27. The summed E-state index contributed by atoms with van der Waals surface area (Å²) in [5, 5.41) is 0.879. The average Bonchev–Trinajstić information content (AvgIpc) is 3.14. The fourth-order valence-electron chi connectivity index (χ4n) is 2.77.